The van der Waals surface area contributed by atoms with Crippen molar-refractivity contribution in [2.24, 2.45) is 0 Å². The van der Waals surface area contributed by atoms with Crippen LogP contribution in [0.2, 0.25) is 0 Å². The minimum Gasteiger partial charge on any atom is -0.0651 e. The third-order valence-corrected chi connectivity index (χ3v) is 4.40. The van der Waals surface area contributed by atoms with Crippen molar-refractivity contribution in [3.05, 3.63) is 59.2 Å². The number of aryl methyl sites for hydroxylation is 3. The van der Waals surface area contributed by atoms with E-state index in [2.05, 4.69) is 63.2 Å². The second kappa shape index (κ2) is 5.89. The smallest absolute Gasteiger partial charge is 0.0140 e. The Labute approximate surface area is 127 Å². The summed E-state index contributed by atoms with van der Waals surface area (Å²) in [7, 11) is 0. The molecule has 0 aromatic heterocycles. The summed E-state index contributed by atoms with van der Waals surface area (Å²) in [6.07, 6.45) is 4.71. The average Bonchev–Trinajstić information content (AvgIpc) is 2.50. The van der Waals surface area contributed by atoms with Crippen LogP contribution in [0, 0.1) is 6.92 Å². The summed E-state index contributed by atoms with van der Waals surface area (Å²) >= 11 is 0. The lowest BCUT2D eigenvalue weighted by Gasteiger charge is -2.17. The van der Waals surface area contributed by atoms with Gasteiger partial charge in [0.1, 0.15) is 0 Å². The zero-order valence-electron chi connectivity index (χ0n) is 13.4. The van der Waals surface area contributed by atoms with Gasteiger partial charge in [-0.15, -0.1) is 0 Å². The molecule has 21 heavy (non-hydrogen) atoms. The van der Waals surface area contributed by atoms with Crippen molar-refractivity contribution < 1.29 is 0 Å². The largest absolute Gasteiger partial charge is 0.0651 e. The highest BCUT2D eigenvalue weighted by molar-refractivity contribution is 6.06. The molecule has 0 aliphatic rings. The molecule has 0 radical (unpaired) electrons. The maximum atomic E-state index is 2.38. The van der Waals surface area contributed by atoms with Gasteiger partial charge in [0.25, 0.3) is 0 Å². The maximum absolute atomic E-state index is 2.38. The van der Waals surface area contributed by atoms with E-state index in [9.17, 15) is 0 Å². The Hall–Kier alpha value is -1.82. The molecule has 3 rings (SSSR count). The van der Waals surface area contributed by atoms with E-state index in [4.69, 9.17) is 0 Å². The summed E-state index contributed by atoms with van der Waals surface area (Å²) in [5.74, 6) is 0. The Morgan fingerprint density at radius 2 is 1.19 bits per heavy atom. The van der Waals surface area contributed by atoms with E-state index in [0.717, 1.165) is 12.8 Å². The highest BCUT2D eigenvalue weighted by Crippen LogP contribution is 2.34. The molecule has 0 spiro atoms. The van der Waals surface area contributed by atoms with Gasteiger partial charge in [0.05, 0.1) is 0 Å². The van der Waals surface area contributed by atoms with Crippen LogP contribution in [0.3, 0.4) is 0 Å². The Bertz CT molecular complexity index is 781. The van der Waals surface area contributed by atoms with Gasteiger partial charge >= 0.3 is 0 Å². The van der Waals surface area contributed by atoms with Crippen LogP contribution in [0.5, 0.6) is 0 Å². The molecule has 3 aromatic rings. The molecule has 3 aromatic carbocycles. The molecule has 0 aliphatic carbocycles. The lowest BCUT2D eigenvalue weighted by atomic mass is 9.87. The molecular weight excluding hydrogens is 252 g/mol. The Morgan fingerprint density at radius 3 is 1.76 bits per heavy atom. The maximum Gasteiger partial charge on any atom is -0.0140 e. The molecule has 0 fully saturated rings. The van der Waals surface area contributed by atoms with Crippen LogP contribution in [-0.4, -0.2) is 0 Å². The minimum absolute atomic E-state index is 1.16. The first-order valence-corrected chi connectivity index (χ1v) is 8.19. The molecule has 0 N–H and O–H groups in total. The lowest BCUT2D eigenvalue weighted by molar-refractivity contribution is 0.927. The molecule has 0 unspecified atom stereocenters. The number of benzene rings is 3. The third-order valence-electron chi connectivity index (χ3n) is 4.40. The van der Waals surface area contributed by atoms with Crippen molar-refractivity contribution >= 4 is 21.5 Å². The summed E-state index contributed by atoms with van der Waals surface area (Å²) in [6.45, 7) is 6.74. The van der Waals surface area contributed by atoms with E-state index in [1.54, 1.807) is 0 Å². The van der Waals surface area contributed by atoms with Gasteiger partial charge in [0.2, 0.25) is 0 Å². The van der Waals surface area contributed by atoms with Crippen LogP contribution in [0.15, 0.2) is 42.5 Å². The zero-order valence-corrected chi connectivity index (χ0v) is 13.4. The summed E-state index contributed by atoms with van der Waals surface area (Å²) in [6, 6.07) is 15.9. The molecule has 0 atom stereocenters. The molecule has 0 heteroatoms. The fourth-order valence-electron chi connectivity index (χ4n) is 3.51. The molecule has 0 nitrogen and oxygen atoms in total. The first-order valence-electron chi connectivity index (χ1n) is 8.19. The predicted molar refractivity (Wildman–Crippen MR) is 94.2 cm³/mol. The normalized spacial score (nSPS) is 11.4. The van der Waals surface area contributed by atoms with Crippen LogP contribution >= 0.6 is 0 Å². The molecule has 0 aliphatic heterocycles. The second-order valence-electron chi connectivity index (χ2n) is 6.05. The molecular formula is C21H24. The molecule has 108 valence electrons. The van der Waals surface area contributed by atoms with Crippen LogP contribution in [0.4, 0.5) is 0 Å². The van der Waals surface area contributed by atoms with Crippen molar-refractivity contribution in [2.75, 3.05) is 0 Å². The van der Waals surface area contributed by atoms with E-state index < -0.39 is 0 Å². The number of rotatable bonds is 4. The zero-order chi connectivity index (χ0) is 14.8. The molecule has 0 bridgehead atoms. The molecule has 0 amide bonds. The van der Waals surface area contributed by atoms with Crippen molar-refractivity contribution in [3.63, 3.8) is 0 Å². The van der Waals surface area contributed by atoms with Crippen LogP contribution in [0.1, 0.15) is 43.4 Å². The molecule has 0 heterocycles. The standard InChI is InChI=1S/C21H24/c1-4-8-16-18-10-6-7-11-19(18)17(9-5-2)21-14-15(3)12-13-20(16)21/h6-7,10-14H,4-5,8-9H2,1-3H3. The van der Waals surface area contributed by atoms with Crippen molar-refractivity contribution in [1.29, 1.82) is 0 Å². The van der Waals surface area contributed by atoms with Crippen molar-refractivity contribution in [1.82, 2.24) is 0 Å². The minimum atomic E-state index is 1.16. The van der Waals surface area contributed by atoms with E-state index in [1.807, 2.05) is 0 Å². The predicted octanol–water partition coefficient (Wildman–Crippen LogP) is 6.21. The Kier molecular flexibility index (Phi) is 3.96. The topological polar surface area (TPSA) is 0 Å². The number of fused-ring (bicyclic) bond motifs is 2. The van der Waals surface area contributed by atoms with Gasteiger partial charge in [-0.3, -0.25) is 0 Å². The SMILES string of the molecule is CCCc1c2ccccc2c(CCC)c2cc(C)ccc12. The van der Waals surface area contributed by atoms with Gasteiger partial charge in [-0.25, -0.2) is 0 Å². The monoisotopic (exact) mass is 276 g/mol. The second-order valence-corrected chi connectivity index (χ2v) is 6.05. The van der Waals surface area contributed by atoms with E-state index in [-0.39, 0.29) is 0 Å². The van der Waals surface area contributed by atoms with Gasteiger partial charge in [0.15, 0.2) is 0 Å². The van der Waals surface area contributed by atoms with E-state index in [0.29, 0.717) is 0 Å². The summed E-state index contributed by atoms with van der Waals surface area (Å²) in [5.41, 5.74) is 4.42. The van der Waals surface area contributed by atoms with Gasteiger partial charge < -0.3 is 0 Å². The fourth-order valence-corrected chi connectivity index (χ4v) is 3.51. The van der Waals surface area contributed by atoms with E-state index in [1.165, 1.54) is 51.1 Å². The van der Waals surface area contributed by atoms with E-state index >= 15 is 0 Å². The summed E-state index contributed by atoms with van der Waals surface area (Å²) in [5, 5.41) is 5.85. The Morgan fingerprint density at radius 1 is 0.667 bits per heavy atom. The summed E-state index contributed by atoms with van der Waals surface area (Å²) < 4.78 is 0. The van der Waals surface area contributed by atoms with Crippen LogP contribution in [0.25, 0.3) is 21.5 Å². The highest BCUT2D eigenvalue weighted by Gasteiger charge is 2.12. The third kappa shape index (κ3) is 2.44. The van der Waals surface area contributed by atoms with Gasteiger partial charge in [-0.2, -0.15) is 0 Å². The highest BCUT2D eigenvalue weighted by atomic mass is 14.2. The quantitative estimate of drug-likeness (QED) is 0.497. The first-order chi connectivity index (χ1) is 10.3. The van der Waals surface area contributed by atoms with Crippen LogP contribution in [-0.2, 0) is 12.8 Å². The number of hydrogen-bond donors (Lipinski definition) is 0. The van der Waals surface area contributed by atoms with Gasteiger partial charge in [-0.1, -0.05) is 74.7 Å². The van der Waals surface area contributed by atoms with Gasteiger partial charge in [-0.05, 0) is 52.4 Å². The van der Waals surface area contributed by atoms with Crippen LogP contribution < -0.4 is 0 Å². The summed E-state index contributed by atoms with van der Waals surface area (Å²) in [4.78, 5) is 0. The Balaban J connectivity index is 2.49. The fraction of sp³-hybridized carbons (Fsp3) is 0.333. The average molecular weight is 276 g/mol. The van der Waals surface area contributed by atoms with Gasteiger partial charge in [0, 0.05) is 0 Å². The van der Waals surface area contributed by atoms with Crippen molar-refractivity contribution in [3.8, 4) is 0 Å². The molecule has 0 saturated carbocycles. The first kappa shape index (κ1) is 14.1. The van der Waals surface area contributed by atoms with Crippen molar-refractivity contribution in [2.45, 2.75) is 46.5 Å². The number of hydrogen-bond acceptors (Lipinski definition) is 0. The molecule has 0 saturated heterocycles. The lowest BCUT2D eigenvalue weighted by Crippen LogP contribution is -1.96.